The SMILES string of the molecule is Nc1nc(C#CCC2CCN(C(=O)Oc3ccc([N+](=O)[O-])cc3)CC2)nc2nc[nH]c12. The van der Waals surface area contributed by atoms with Gasteiger partial charge >= 0.3 is 6.09 Å². The highest BCUT2D eigenvalue weighted by atomic mass is 16.6. The summed E-state index contributed by atoms with van der Waals surface area (Å²) in [6, 6.07) is 5.42. The summed E-state index contributed by atoms with van der Waals surface area (Å²) in [6.07, 6.45) is 3.30. The number of likely N-dealkylation sites (tertiary alicyclic amines) is 1. The Labute approximate surface area is 176 Å². The third kappa shape index (κ3) is 4.69. The Balaban J connectivity index is 1.27. The van der Waals surface area contributed by atoms with Crippen LogP contribution in [0.1, 0.15) is 25.1 Å². The van der Waals surface area contributed by atoms with E-state index in [2.05, 4.69) is 31.8 Å². The number of nitro benzene ring substituents is 1. The Morgan fingerprint density at radius 1 is 1.29 bits per heavy atom. The highest BCUT2D eigenvalue weighted by molar-refractivity contribution is 5.81. The predicted molar refractivity (Wildman–Crippen MR) is 111 cm³/mol. The van der Waals surface area contributed by atoms with Gasteiger partial charge < -0.3 is 20.4 Å². The molecule has 4 rings (SSSR count). The lowest BCUT2D eigenvalue weighted by Crippen LogP contribution is -2.40. The fraction of sp³-hybridized carbons (Fsp3) is 0.300. The zero-order chi connectivity index (χ0) is 21.8. The molecule has 1 aliphatic rings. The molecule has 0 radical (unpaired) electrons. The van der Waals surface area contributed by atoms with Gasteiger partial charge in [-0.25, -0.2) is 14.8 Å². The third-order valence-corrected chi connectivity index (χ3v) is 5.03. The van der Waals surface area contributed by atoms with Crippen molar-refractivity contribution in [1.29, 1.82) is 0 Å². The summed E-state index contributed by atoms with van der Waals surface area (Å²) in [6.45, 7) is 1.11. The fourth-order valence-electron chi connectivity index (χ4n) is 3.31. The summed E-state index contributed by atoms with van der Waals surface area (Å²) in [4.78, 5) is 39.5. The van der Waals surface area contributed by atoms with Crippen molar-refractivity contribution < 1.29 is 14.5 Å². The monoisotopic (exact) mass is 421 g/mol. The first-order chi connectivity index (χ1) is 15.0. The number of ether oxygens (including phenoxy) is 1. The van der Waals surface area contributed by atoms with Crippen molar-refractivity contribution in [3.8, 4) is 17.6 Å². The van der Waals surface area contributed by atoms with Crippen LogP contribution in [0.2, 0.25) is 0 Å². The number of anilines is 1. The van der Waals surface area contributed by atoms with Crippen molar-refractivity contribution in [2.45, 2.75) is 19.3 Å². The highest BCUT2D eigenvalue weighted by Crippen LogP contribution is 2.22. The Kier molecular flexibility index (Phi) is 5.61. The standard InChI is InChI=1S/C20H19N7O4/c21-18-17-19(23-12-22-17)25-16(24-18)3-1-2-13-8-10-26(11-9-13)20(28)31-15-6-4-14(5-7-15)27(29)30/h4-7,12-13H,2,8-11H2,(H3,21,22,23,24,25). The van der Waals surface area contributed by atoms with Gasteiger partial charge in [0, 0.05) is 31.6 Å². The number of hydrogen-bond donors (Lipinski definition) is 2. The average molecular weight is 421 g/mol. The lowest BCUT2D eigenvalue weighted by Gasteiger charge is -2.30. The Morgan fingerprint density at radius 3 is 2.74 bits per heavy atom. The number of H-pyrrole nitrogens is 1. The van der Waals surface area contributed by atoms with Crippen LogP contribution in [-0.2, 0) is 0 Å². The number of imidazole rings is 1. The smallest absolute Gasteiger partial charge is 0.410 e. The molecule has 1 aliphatic heterocycles. The van der Waals surface area contributed by atoms with Gasteiger partial charge in [0.15, 0.2) is 11.5 Å². The summed E-state index contributed by atoms with van der Waals surface area (Å²) in [7, 11) is 0. The number of nitrogens with one attached hydrogen (secondary N) is 1. The number of non-ortho nitro benzene ring substituents is 1. The van der Waals surface area contributed by atoms with Gasteiger partial charge in [-0.15, -0.1) is 0 Å². The number of fused-ring (bicyclic) bond motifs is 1. The molecule has 1 fully saturated rings. The van der Waals surface area contributed by atoms with Crippen molar-refractivity contribution in [1.82, 2.24) is 24.8 Å². The van der Waals surface area contributed by atoms with E-state index in [4.69, 9.17) is 10.5 Å². The van der Waals surface area contributed by atoms with Gasteiger partial charge in [0.05, 0.1) is 11.3 Å². The van der Waals surface area contributed by atoms with Crippen LogP contribution >= 0.6 is 0 Å². The molecular formula is C20H19N7O4. The summed E-state index contributed by atoms with van der Waals surface area (Å²) < 4.78 is 5.30. The first-order valence-corrected chi connectivity index (χ1v) is 9.66. The molecule has 3 N–H and O–H groups in total. The van der Waals surface area contributed by atoms with E-state index in [0.717, 1.165) is 12.8 Å². The number of rotatable bonds is 3. The summed E-state index contributed by atoms with van der Waals surface area (Å²) in [5.74, 6) is 7.30. The first kappa shape index (κ1) is 20.1. The minimum absolute atomic E-state index is 0.0564. The minimum atomic E-state index is -0.504. The van der Waals surface area contributed by atoms with E-state index in [1.165, 1.54) is 30.6 Å². The van der Waals surface area contributed by atoms with Crippen molar-refractivity contribution in [3.63, 3.8) is 0 Å². The lowest BCUT2D eigenvalue weighted by molar-refractivity contribution is -0.384. The largest absolute Gasteiger partial charge is 0.415 e. The van der Waals surface area contributed by atoms with E-state index >= 15 is 0 Å². The Morgan fingerprint density at radius 2 is 2.03 bits per heavy atom. The van der Waals surface area contributed by atoms with Crippen molar-refractivity contribution in [3.05, 3.63) is 46.5 Å². The molecule has 0 saturated carbocycles. The third-order valence-electron chi connectivity index (χ3n) is 5.03. The van der Waals surface area contributed by atoms with Gasteiger partial charge in [-0.2, -0.15) is 4.98 Å². The second-order valence-corrected chi connectivity index (χ2v) is 7.09. The van der Waals surface area contributed by atoms with Crippen LogP contribution in [0.15, 0.2) is 30.6 Å². The van der Waals surface area contributed by atoms with Crippen LogP contribution in [-0.4, -0.2) is 48.9 Å². The van der Waals surface area contributed by atoms with Crippen LogP contribution in [0, 0.1) is 27.9 Å². The number of piperidine rings is 1. The maximum atomic E-state index is 12.3. The number of nitrogens with zero attached hydrogens (tertiary/aromatic N) is 5. The molecule has 31 heavy (non-hydrogen) atoms. The Hall–Kier alpha value is -4.20. The number of nitrogens with two attached hydrogens (primary N) is 1. The molecule has 0 atom stereocenters. The number of carbonyl (C=O) groups excluding carboxylic acids is 1. The molecule has 1 aromatic carbocycles. The Bertz CT molecular complexity index is 1170. The van der Waals surface area contributed by atoms with Crippen LogP contribution in [0.25, 0.3) is 11.2 Å². The maximum absolute atomic E-state index is 12.3. The van der Waals surface area contributed by atoms with Gasteiger partial charge in [-0.1, -0.05) is 5.92 Å². The van der Waals surface area contributed by atoms with Gasteiger partial charge in [0.1, 0.15) is 11.3 Å². The van der Waals surface area contributed by atoms with Gasteiger partial charge in [-0.3, -0.25) is 10.1 Å². The minimum Gasteiger partial charge on any atom is -0.410 e. The van der Waals surface area contributed by atoms with Crippen molar-refractivity contribution in [2.75, 3.05) is 18.8 Å². The van der Waals surface area contributed by atoms with Crippen molar-refractivity contribution in [2.24, 2.45) is 5.92 Å². The number of carbonyl (C=O) groups is 1. The molecule has 0 spiro atoms. The molecule has 1 saturated heterocycles. The molecule has 158 valence electrons. The molecule has 3 heterocycles. The van der Waals surface area contributed by atoms with E-state index < -0.39 is 11.0 Å². The quantitative estimate of drug-likeness (QED) is 0.371. The zero-order valence-electron chi connectivity index (χ0n) is 16.4. The molecule has 0 unspecified atom stereocenters. The number of nitrogen functional groups attached to an aromatic ring is 1. The number of benzene rings is 1. The second kappa shape index (κ2) is 8.66. The fourth-order valence-corrected chi connectivity index (χ4v) is 3.31. The summed E-state index contributed by atoms with van der Waals surface area (Å²) in [5.41, 5.74) is 6.89. The molecule has 11 heteroatoms. The van der Waals surface area contributed by atoms with E-state index in [1.54, 1.807) is 4.90 Å². The molecule has 0 bridgehead atoms. The number of aromatic nitrogens is 4. The number of hydrogen-bond acceptors (Lipinski definition) is 8. The number of nitro groups is 1. The van der Waals surface area contributed by atoms with Crippen LogP contribution < -0.4 is 10.5 Å². The van der Waals surface area contributed by atoms with Crippen molar-refractivity contribution >= 4 is 28.8 Å². The molecule has 2 aromatic heterocycles. The predicted octanol–water partition coefficient (Wildman–Crippen LogP) is 2.50. The van der Waals surface area contributed by atoms with Gasteiger partial charge in [0.25, 0.3) is 5.69 Å². The van der Waals surface area contributed by atoms with Gasteiger partial charge in [0.2, 0.25) is 5.82 Å². The number of amides is 1. The molecule has 11 nitrogen and oxygen atoms in total. The number of aromatic amines is 1. The molecule has 3 aromatic rings. The van der Waals surface area contributed by atoms with Crippen LogP contribution in [0.5, 0.6) is 5.75 Å². The van der Waals surface area contributed by atoms with E-state index in [9.17, 15) is 14.9 Å². The summed E-state index contributed by atoms with van der Waals surface area (Å²) in [5, 5.41) is 10.7. The van der Waals surface area contributed by atoms with E-state index in [1.807, 2.05) is 0 Å². The van der Waals surface area contributed by atoms with Gasteiger partial charge in [-0.05, 0) is 36.8 Å². The summed E-state index contributed by atoms with van der Waals surface area (Å²) >= 11 is 0. The van der Waals surface area contributed by atoms with E-state index in [0.29, 0.717) is 48.2 Å². The zero-order valence-corrected chi connectivity index (χ0v) is 16.4. The molecular weight excluding hydrogens is 402 g/mol. The maximum Gasteiger partial charge on any atom is 0.415 e. The first-order valence-electron chi connectivity index (χ1n) is 9.66. The van der Waals surface area contributed by atoms with Crippen LogP contribution in [0.4, 0.5) is 16.3 Å². The molecule has 0 aliphatic carbocycles. The second-order valence-electron chi connectivity index (χ2n) is 7.09. The van der Waals surface area contributed by atoms with E-state index in [-0.39, 0.29) is 11.4 Å². The average Bonchev–Trinajstić information content (AvgIpc) is 3.24. The van der Waals surface area contributed by atoms with Crippen LogP contribution in [0.3, 0.4) is 0 Å². The molecule has 1 amide bonds. The highest BCUT2D eigenvalue weighted by Gasteiger charge is 2.24. The topological polar surface area (TPSA) is 153 Å². The lowest BCUT2D eigenvalue weighted by atomic mass is 9.94. The normalized spacial score (nSPS) is 14.1.